The fourth-order valence-corrected chi connectivity index (χ4v) is 9.45. The van der Waals surface area contributed by atoms with Crippen LogP contribution in [0.15, 0.2) is 48.7 Å². The predicted molar refractivity (Wildman–Crippen MR) is 196 cm³/mol. The summed E-state index contributed by atoms with van der Waals surface area (Å²) in [4.78, 5) is 99.1. The van der Waals surface area contributed by atoms with E-state index in [0.717, 1.165) is 34.6 Å². The van der Waals surface area contributed by atoms with E-state index in [2.05, 4.69) is 4.98 Å². The second-order valence-electron chi connectivity index (χ2n) is 15.8. The molecule has 4 bridgehead atoms. The van der Waals surface area contributed by atoms with Gasteiger partial charge in [-0.1, -0.05) is 25.1 Å². The molecule has 0 amide bonds. The van der Waals surface area contributed by atoms with Crippen molar-refractivity contribution in [2.75, 3.05) is 13.2 Å². The number of rotatable bonds is 7. The normalized spacial score (nSPS) is 36.3. The minimum atomic E-state index is -2.80. The van der Waals surface area contributed by atoms with Gasteiger partial charge in [0.15, 0.2) is 17.8 Å². The molecule has 1 spiro atoms. The standard InChI is InChI=1S/C41H47NO17/c1-20-15-16-27-26(14-11-17-42-27)37(50)53-18-38(6)28-30(57-36(49)25-12-9-8-10-13-25)34(56-24(5)46)40(19-52-21(2)43)33(55-23(4)45)29(47)32(58-35(20)48)39(7,51)41(40,59-38)31(28)54-22(3)44/h8-14,17,20,28-34,47,51H,15-16,18-19H2,1-7H3/t20?,28-,29+,30-,31-,32+,33+,34-,38+,39+,40+,41-/m1/s1. The molecule has 3 heterocycles. The number of hydrogen-bond acceptors (Lipinski definition) is 18. The fraction of sp³-hybridized carbons (Fsp3) is 0.561. The summed E-state index contributed by atoms with van der Waals surface area (Å²) in [6.07, 6.45) is -10.6. The zero-order valence-corrected chi connectivity index (χ0v) is 33.5. The topological polar surface area (TPSA) is 247 Å². The molecule has 1 unspecified atom stereocenters. The van der Waals surface area contributed by atoms with E-state index >= 15 is 0 Å². The van der Waals surface area contributed by atoms with Gasteiger partial charge in [-0.3, -0.25) is 29.0 Å². The number of fused-ring (bicyclic) bond motifs is 5. The number of carbonyl (C=O) groups is 7. The van der Waals surface area contributed by atoms with Crippen LogP contribution in [-0.2, 0) is 68.3 Å². The maximum atomic E-state index is 14.1. The van der Waals surface area contributed by atoms with Crippen molar-refractivity contribution in [3.8, 4) is 0 Å². The molecule has 18 heteroatoms. The Labute approximate surface area is 338 Å². The van der Waals surface area contributed by atoms with E-state index in [1.54, 1.807) is 18.2 Å². The molecule has 1 aromatic heterocycles. The number of aliphatic hydroxyl groups is 2. The van der Waals surface area contributed by atoms with Gasteiger partial charge in [-0.25, -0.2) is 9.59 Å². The summed E-state index contributed by atoms with van der Waals surface area (Å²) in [6, 6.07) is 10.6. The molecule has 2 N–H and O–H groups in total. The first-order valence-electron chi connectivity index (χ1n) is 19.0. The zero-order chi connectivity index (χ0) is 43.2. The zero-order valence-electron chi connectivity index (χ0n) is 33.5. The summed E-state index contributed by atoms with van der Waals surface area (Å²) >= 11 is 0. The number of aromatic nitrogens is 1. The van der Waals surface area contributed by atoms with Crippen LogP contribution in [-0.4, -0.2) is 124 Å². The van der Waals surface area contributed by atoms with E-state index in [9.17, 15) is 43.8 Å². The number of carbonyl (C=O) groups excluding carboxylic acids is 7. The first-order valence-corrected chi connectivity index (χ1v) is 19.0. The van der Waals surface area contributed by atoms with Crippen molar-refractivity contribution in [1.29, 1.82) is 0 Å². The molecular formula is C41H47NO17. The highest BCUT2D eigenvalue weighted by molar-refractivity contribution is 5.91. The van der Waals surface area contributed by atoms with E-state index in [0.29, 0.717) is 0 Å². The van der Waals surface area contributed by atoms with Gasteiger partial charge >= 0.3 is 41.8 Å². The number of cyclic esters (lactones) is 1. The van der Waals surface area contributed by atoms with E-state index in [1.165, 1.54) is 44.3 Å². The van der Waals surface area contributed by atoms with Crippen molar-refractivity contribution in [1.82, 2.24) is 4.98 Å². The van der Waals surface area contributed by atoms with Crippen molar-refractivity contribution in [2.45, 2.75) is 115 Å². The molecule has 0 radical (unpaired) electrons. The van der Waals surface area contributed by atoms with Crippen LogP contribution in [0.5, 0.6) is 0 Å². The smallest absolute Gasteiger partial charge is 0.340 e. The summed E-state index contributed by atoms with van der Waals surface area (Å²) in [7, 11) is 0. The van der Waals surface area contributed by atoms with E-state index in [1.807, 2.05) is 0 Å². The van der Waals surface area contributed by atoms with Gasteiger partial charge in [-0.05, 0) is 51.0 Å². The SMILES string of the molecule is CC(=O)OC[C@]12[C@H](OC(C)=O)[C@H](OC(=O)c3ccccc3)[C@@H]3[C@@H](OC(C)=O)[C@]14O[C@@]3(C)COC(=O)c1cccnc1CCC(C)C(=O)O[C@@H]([C@H](O)[C@@H]2OC(C)=O)[C@]4(C)O. The Hall–Kier alpha value is -5.46. The van der Waals surface area contributed by atoms with Gasteiger partial charge in [0.25, 0.3) is 0 Å². The number of esters is 7. The number of nitrogens with zero attached hydrogens (tertiary/aromatic N) is 1. The lowest BCUT2D eigenvalue weighted by atomic mass is 9.45. The molecule has 2 saturated carbocycles. The highest BCUT2D eigenvalue weighted by atomic mass is 16.7. The number of ether oxygens (including phenoxy) is 8. The minimum Gasteiger partial charge on any atom is -0.465 e. The predicted octanol–water partition coefficient (Wildman–Crippen LogP) is 1.59. The number of benzene rings is 1. The minimum absolute atomic E-state index is 0.00269. The maximum absolute atomic E-state index is 14.1. The van der Waals surface area contributed by atoms with Gasteiger partial charge in [0.1, 0.15) is 54.2 Å². The molecule has 1 saturated heterocycles. The van der Waals surface area contributed by atoms with Crippen LogP contribution in [0.2, 0.25) is 0 Å². The van der Waals surface area contributed by atoms with Crippen LogP contribution in [0.25, 0.3) is 0 Å². The number of hydrogen-bond donors (Lipinski definition) is 2. The van der Waals surface area contributed by atoms with Gasteiger partial charge < -0.3 is 48.1 Å². The molecule has 1 aromatic carbocycles. The third kappa shape index (κ3) is 7.20. The Balaban J connectivity index is 1.74. The summed E-state index contributed by atoms with van der Waals surface area (Å²) in [5.74, 6) is -9.46. The van der Waals surface area contributed by atoms with Crippen molar-refractivity contribution in [3.63, 3.8) is 0 Å². The molecule has 2 aliphatic carbocycles. The van der Waals surface area contributed by atoms with Crippen molar-refractivity contribution < 1.29 is 81.7 Å². The number of aryl methyl sites for hydroxylation is 1. The largest absolute Gasteiger partial charge is 0.465 e. The Bertz CT molecular complexity index is 2020. The summed E-state index contributed by atoms with van der Waals surface area (Å²) in [5.41, 5.74) is -9.88. The van der Waals surface area contributed by atoms with Crippen LogP contribution in [0.3, 0.4) is 0 Å². The number of pyridine rings is 1. The lowest BCUT2D eigenvalue weighted by Crippen LogP contribution is -2.89. The second kappa shape index (κ2) is 16.0. The van der Waals surface area contributed by atoms with E-state index < -0.39 is 126 Å². The summed E-state index contributed by atoms with van der Waals surface area (Å²) in [5, 5.41) is 25.7. The third-order valence-electron chi connectivity index (χ3n) is 11.8. The molecular weight excluding hydrogens is 778 g/mol. The Morgan fingerprint density at radius 3 is 2.10 bits per heavy atom. The van der Waals surface area contributed by atoms with Gasteiger partial charge in [-0.2, -0.15) is 0 Å². The molecule has 3 fully saturated rings. The maximum Gasteiger partial charge on any atom is 0.340 e. The highest BCUT2D eigenvalue weighted by Crippen LogP contribution is 2.70. The first kappa shape index (κ1) is 43.1. The van der Waals surface area contributed by atoms with Gasteiger partial charge in [-0.15, -0.1) is 0 Å². The Morgan fingerprint density at radius 2 is 1.47 bits per heavy atom. The average molecular weight is 826 g/mol. The first-order chi connectivity index (χ1) is 27.7. The molecule has 12 atom stereocenters. The summed E-state index contributed by atoms with van der Waals surface area (Å²) in [6.45, 7) is 6.21. The number of aliphatic hydroxyl groups excluding tert-OH is 1. The average Bonchev–Trinajstić information content (AvgIpc) is 3.39. The quantitative estimate of drug-likeness (QED) is 0.297. The highest BCUT2D eigenvalue weighted by Gasteiger charge is 2.91. The fourth-order valence-electron chi connectivity index (χ4n) is 9.45. The van der Waals surface area contributed by atoms with Crippen LogP contribution >= 0.6 is 0 Å². The van der Waals surface area contributed by atoms with Gasteiger partial charge in [0.2, 0.25) is 0 Å². The molecule has 2 aliphatic heterocycles. The molecule has 59 heavy (non-hydrogen) atoms. The summed E-state index contributed by atoms with van der Waals surface area (Å²) < 4.78 is 48.8. The van der Waals surface area contributed by atoms with Crippen molar-refractivity contribution in [2.24, 2.45) is 17.3 Å². The molecule has 18 nitrogen and oxygen atoms in total. The van der Waals surface area contributed by atoms with Crippen LogP contribution in [0.1, 0.15) is 81.3 Å². The van der Waals surface area contributed by atoms with Crippen LogP contribution < -0.4 is 0 Å². The van der Waals surface area contributed by atoms with Gasteiger partial charge in [0, 0.05) is 33.9 Å². The van der Waals surface area contributed by atoms with Crippen LogP contribution in [0.4, 0.5) is 0 Å². The lowest BCUT2D eigenvalue weighted by molar-refractivity contribution is -0.386. The van der Waals surface area contributed by atoms with E-state index in [4.69, 9.17) is 37.9 Å². The van der Waals surface area contributed by atoms with Crippen molar-refractivity contribution in [3.05, 3.63) is 65.5 Å². The van der Waals surface area contributed by atoms with Gasteiger partial charge in [0.05, 0.1) is 28.7 Å². The van der Waals surface area contributed by atoms with E-state index in [-0.39, 0.29) is 29.7 Å². The molecule has 318 valence electrons. The Morgan fingerprint density at radius 1 is 0.847 bits per heavy atom. The lowest BCUT2D eigenvalue weighted by Gasteiger charge is -2.67. The molecule has 2 aromatic rings. The monoisotopic (exact) mass is 825 g/mol. The molecule has 6 rings (SSSR count). The van der Waals surface area contributed by atoms with Crippen molar-refractivity contribution >= 4 is 41.8 Å². The Kier molecular flexibility index (Phi) is 11.7. The second-order valence-corrected chi connectivity index (χ2v) is 15.8. The third-order valence-corrected chi connectivity index (χ3v) is 11.8. The van der Waals surface area contributed by atoms with Crippen LogP contribution in [0, 0.1) is 17.3 Å². The molecule has 4 aliphatic rings.